The first-order chi connectivity index (χ1) is 20.3. The molecule has 0 aliphatic carbocycles. The maximum atomic E-state index is 6.14. The molecule has 0 amide bonds. The first-order valence-corrected chi connectivity index (χ1v) is 15.2. The number of aromatic nitrogens is 1. The summed E-state index contributed by atoms with van der Waals surface area (Å²) < 4.78 is 11.9. The number of ether oxygens (including phenoxy) is 2. The van der Waals surface area contributed by atoms with E-state index in [9.17, 15) is 0 Å². The Labute approximate surface area is 250 Å². The van der Waals surface area contributed by atoms with E-state index in [1.807, 2.05) is 6.07 Å². The smallest absolute Gasteiger partial charge is 0.224 e. The third-order valence-corrected chi connectivity index (χ3v) is 8.94. The largest absolute Gasteiger partial charge is 0.493 e. The van der Waals surface area contributed by atoms with Crippen LogP contribution in [0.15, 0.2) is 54.2 Å². The Morgan fingerprint density at radius 1 is 1.10 bits per heavy atom. The van der Waals surface area contributed by atoms with Crippen molar-refractivity contribution in [3.63, 3.8) is 0 Å². The number of hydrogen-bond donors (Lipinski definition) is 1. The van der Waals surface area contributed by atoms with Gasteiger partial charge in [-0.25, -0.2) is 4.98 Å². The SMILES string of the molecule is C=C1c2cc3c(cc2CN1C1CCN(C)CC1)N=C(c1c(NCC(C)COc2ccc(C)cc2C)ccnc1OC)C3. The van der Waals surface area contributed by atoms with Crippen molar-refractivity contribution >= 4 is 22.8 Å². The Morgan fingerprint density at radius 3 is 2.67 bits per heavy atom. The third-order valence-electron chi connectivity index (χ3n) is 8.94. The fourth-order valence-corrected chi connectivity index (χ4v) is 6.48. The molecule has 220 valence electrons. The Bertz CT molecular complexity index is 1520. The first-order valence-electron chi connectivity index (χ1n) is 15.2. The lowest BCUT2D eigenvalue weighted by molar-refractivity contribution is 0.169. The van der Waals surface area contributed by atoms with E-state index in [4.69, 9.17) is 14.5 Å². The number of methoxy groups -OCH3 is 1. The van der Waals surface area contributed by atoms with E-state index < -0.39 is 0 Å². The van der Waals surface area contributed by atoms with E-state index >= 15 is 0 Å². The average Bonchev–Trinajstić information content (AvgIpc) is 3.54. The van der Waals surface area contributed by atoms with Crippen LogP contribution in [0.25, 0.3) is 5.70 Å². The van der Waals surface area contributed by atoms with Gasteiger partial charge in [0.05, 0.1) is 36.4 Å². The van der Waals surface area contributed by atoms with Gasteiger partial charge in [-0.2, -0.15) is 0 Å². The highest BCUT2D eigenvalue weighted by molar-refractivity contribution is 6.11. The highest BCUT2D eigenvalue weighted by Crippen LogP contribution is 2.42. The van der Waals surface area contributed by atoms with Gasteiger partial charge >= 0.3 is 0 Å². The molecule has 1 fully saturated rings. The normalized spacial score (nSPS) is 17.6. The lowest BCUT2D eigenvalue weighted by atomic mass is 9.99. The van der Waals surface area contributed by atoms with Crippen molar-refractivity contribution in [3.05, 3.63) is 82.6 Å². The minimum atomic E-state index is 0.293. The first kappa shape index (κ1) is 28.3. The van der Waals surface area contributed by atoms with Gasteiger partial charge in [-0.05, 0) is 87.8 Å². The highest BCUT2D eigenvalue weighted by atomic mass is 16.5. The van der Waals surface area contributed by atoms with Gasteiger partial charge in [0.1, 0.15) is 5.75 Å². The summed E-state index contributed by atoms with van der Waals surface area (Å²) in [4.78, 5) is 14.6. The second-order valence-corrected chi connectivity index (χ2v) is 12.3. The number of aliphatic imine (C=N–C) groups is 1. The topological polar surface area (TPSA) is 62.2 Å². The summed E-state index contributed by atoms with van der Waals surface area (Å²) >= 11 is 0. The number of hydrogen-bond acceptors (Lipinski definition) is 7. The van der Waals surface area contributed by atoms with Crippen LogP contribution < -0.4 is 14.8 Å². The molecular formula is C35H43N5O2. The minimum Gasteiger partial charge on any atom is -0.493 e. The molecule has 6 rings (SSSR count). The maximum Gasteiger partial charge on any atom is 0.224 e. The van der Waals surface area contributed by atoms with Crippen LogP contribution in [0.5, 0.6) is 11.6 Å². The van der Waals surface area contributed by atoms with Crippen molar-refractivity contribution in [2.24, 2.45) is 10.9 Å². The molecule has 4 heterocycles. The zero-order valence-electron chi connectivity index (χ0n) is 25.7. The lowest BCUT2D eigenvalue weighted by Crippen LogP contribution is -2.40. The molecule has 2 aromatic carbocycles. The summed E-state index contributed by atoms with van der Waals surface area (Å²) in [6.07, 6.45) is 4.92. The molecule has 3 aliphatic heterocycles. The number of rotatable bonds is 9. The number of benzene rings is 2. The Kier molecular flexibility index (Phi) is 7.95. The van der Waals surface area contributed by atoms with Gasteiger partial charge in [0.2, 0.25) is 5.88 Å². The Balaban J connectivity index is 1.16. The molecule has 1 saturated heterocycles. The summed E-state index contributed by atoms with van der Waals surface area (Å²) in [5.41, 5.74) is 11.4. The van der Waals surface area contributed by atoms with Crippen molar-refractivity contribution in [2.45, 2.75) is 52.6 Å². The number of nitrogens with one attached hydrogen (secondary N) is 1. The number of anilines is 1. The molecule has 1 aromatic heterocycles. The molecule has 1 unspecified atom stereocenters. The summed E-state index contributed by atoms with van der Waals surface area (Å²) in [6, 6.07) is 13.5. The zero-order valence-corrected chi connectivity index (χ0v) is 25.7. The van der Waals surface area contributed by atoms with Crippen molar-refractivity contribution in [3.8, 4) is 11.6 Å². The fraction of sp³-hybridized carbons (Fsp3) is 0.429. The number of nitrogens with zero attached hydrogens (tertiary/aromatic N) is 4. The minimum absolute atomic E-state index is 0.293. The fourth-order valence-electron chi connectivity index (χ4n) is 6.48. The van der Waals surface area contributed by atoms with Crippen molar-refractivity contribution < 1.29 is 9.47 Å². The van der Waals surface area contributed by atoms with Gasteiger partial charge in [0, 0.05) is 48.9 Å². The quantitative estimate of drug-likeness (QED) is 0.324. The standard InChI is InChI=1S/C35H43N5O2/c1-22-7-8-33(24(3)15-22)42-21-23(2)19-37-30-9-12-36-35(41-6)34(30)32-17-26-16-29-25(4)40(20-27(29)18-31(26)38-32)28-10-13-39(5)14-11-28/h7-9,12,15-16,18,23,28H,4,10-11,13-14,17,19-21H2,1-3,5-6H3,(H,36,37). The average molecular weight is 566 g/mol. The molecule has 0 saturated carbocycles. The molecule has 3 aliphatic rings. The van der Waals surface area contributed by atoms with Gasteiger partial charge in [-0.1, -0.05) is 31.2 Å². The molecule has 1 N–H and O–H groups in total. The maximum absolute atomic E-state index is 6.14. The predicted molar refractivity (Wildman–Crippen MR) is 171 cm³/mol. The van der Waals surface area contributed by atoms with Gasteiger partial charge < -0.3 is 24.6 Å². The summed E-state index contributed by atoms with van der Waals surface area (Å²) in [6.45, 7) is 15.5. The molecule has 3 aromatic rings. The molecule has 1 atom stereocenters. The molecule has 0 radical (unpaired) electrons. The number of likely N-dealkylation sites (tertiary alicyclic amines) is 1. The number of piperidine rings is 1. The van der Waals surface area contributed by atoms with Crippen LogP contribution in [0.3, 0.4) is 0 Å². The monoisotopic (exact) mass is 565 g/mol. The summed E-state index contributed by atoms with van der Waals surface area (Å²) in [5, 5.41) is 3.64. The van der Waals surface area contributed by atoms with Crippen LogP contribution in [0.2, 0.25) is 0 Å². The van der Waals surface area contributed by atoms with E-state index in [0.29, 0.717) is 24.4 Å². The van der Waals surface area contributed by atoms with E-state index in [2.05, 4.69) is 84.8 Å². The molecule has 42 heavy (non-hydrogen) atoms. The van der Waals surface area contributed by atoms with Gasteiger partial charge in [0.25, 0.3) is 0 Å². The van der Waals surface area contributed by atoms with Crippen LogP contribution >= 0.6 is 0 Å². The van der Waals surface area contributed by atoms with E-state index in [1.165, 1.54) is 40.7 Å². The van der Waals surface area contributed by atoms with E-state index in [1.54, 1.807) is 13.3 Å². The van der Waals surface area contributed by atoms with Crippen LogP contribution in [0, 0.1) is 19.8 Å². The van der Waals surface area contributed by atoms with Crippen molar-refractivity contribution in [1.29, 1.82) is 0 Å². The molecular weight excluding hydrogens is 522 g/mol. The second-order valence-electron chi connectivity index (χ2n) is 12.3. The Hall–Kier alpha value is -3.84. The van der Waals surface area contributed by atoms with Gasteiger partial charge in [-0.15, -0.1) is 0 Å². The highest BCUT2D eigenvalue weighted by Gasteiger charge is 2.32. The summed E-state index contributed by atoms with van der Waals surface area (Å²) in [7, 11) is 3.89. The zero-order chi connectivity index (χ0) is 29.4. The number of pyridine rings is 1. The van der Waals surface area contributed by atoms with Crippen LogP contribution in [0.1, 0.15) is 53.1 Å². The number of fused-ring (bicyclic) bond motifs is 2. The lowest BCUT2D eigenvalue weighted by Gasteiger charge is -2.36. The van der Waals surface area contributed by atoms with Gasteiger partial charge in [0.15, 0.2) is 0 Å². The second kappa shape index (κ2) is 11.8. The van der Waals surface area contributed by atoms with Gasteiger partial charge in [-0.3, -0.25) is 4.99 Å². The molecule has 0 spiro atoms. The third kappa shape index (κ3) is 5.62. The molecule has 7 nitrogen and oxygen atoms in total. The molecule has 0 bridgehead atoms. The van der Waals surface area contributed by atoms with Crippen molar-refractivity contribution in [2.75, 3.05) is 45.7 Å². The van der Waals surface area contributed by atoms with E-state index in [-0.39, 0.29) is 0 Å². The number of aryl methyl sites for hydroxylation is 2. The molecule has 7 heteroatoms. The van der Waals surface area contributed by atoms with Crippen LogP contribution in [0.4, 0.5) is 11.4 Å². The van der Waals surface area contributed by atoms with Crippen molar-refractivity contribution in [1.82, 2.24) is 14.8 Å². The van der Waals surface area contributed by atoms with Crippen LogP contribution in [-0.2, 0) is 13.0 Å². The predicted octanol–water partition coefficient (Wildman–Crippen LogP) is 6.39. The summed E-state index contributed by atoms with van der Waals surface area (Å²) in [5.74, 6) is 1.83. The van der Waals surface area contributed by atoms with Crippen LogP contribution in [-0.4, -0.2) is 66.9 Å². The Morgan fingerprint density at radius 2 is 1.90 bits per heavy atom. The van der Waals surface area contributed by atoms with E-state index in [0.717, 1.165) is 66.7 Å².